The van der Waals surface area contributed by atoms with Crippen molar-refractivity contribution < 1.29 is 29.6 Å². The molecule has 0 saturated heterocycles. The van der Waals surface area contributed by atoms with Gasteiger partial charge in [-0.1, -0.05) is 24.1 Å². The van der Waals surface area contributed by atoms with Gasteiger partial charge in [-0.05, 0) is 43.8 Å². The summed E-state index contributed by atoms with van der Waals surface area (Å²) >= 11 is 1.75. The van der Waals surface area contributed by atoms with Crippen LogP contribution >= 0.6 is 11.8 Å². The van der Waals surface area contributed by atoms with Crippen molar-refractivity contribution in [3.8, 4) is 0 Å². The van der Waals surface area contributed by atoms with Gasteiger partial charge in [-0.2, -0.15) is 11.8 Å². The molecule has 1 aromatic carbocycles. The van der Waals surface area contributed by atoms with E-state index in [-0.39, 0.29) is 29.6 Å². The Morgan fingerprint density at radius 2 is 2.00 bits per heavy atom. The molecule has 1 aromatic heterocycles. The number of pyridine rings is 1. The zero-order chi connectivity index (χ0) is 14.4. The fourth-order valence-corrected chi connectivity index (χ4v) is 2.63. The van der Waals surface area contributed by atoms with Gasteiger partial charge in [-0.3, -0.25) is 9.98 Å². The van der Waals surface area contributed by atoms with Crippen molar-refractivity contribution in [3.05, 3.63) is 58.7 Å². The molecule has 2 rings (SSSR count). The predicted octanol–water partition coefficient (Wildman–Crippen LogP) is 1.93. The van der Waals surface area contributed by atoms with Gasteiger partial charge >= 0.3 is 29.6 Å². The van der Waals surface area contributed by atoms with Gasteiger partial charge in [0.2, 0.25) is 0 Å². The predicted molar refractivity (Wildman–Crippen MR) is 88.5 cm³/mol. The van der Waals surface area contributed by atoms with Crippen LogP contribution in [0.4, 0.5) is 11.4 Å². The summed E-state index contributed by atoms with van der Waals surface area (Å²) in [6.45, 7) is 7.79. The first-order valence-corrected chi connectivity index (χ1v) is 7.60. The van der Waals surface area contributed by atoms with E-state index < -0.39 is 0 Å². The Hall–Kier alpha value is -0.810. The molecule has 5 heteroatoms. The molecule has 0 saturated carbocycles. The van der Waals surface area contributed by atoms with Crippen molar-refractivity contribution in [2.24, 2.45) is 4.99 Å². The number of nitrogens with zero attached hydrogens (tertiary/aromatic N) is 3. The van der Waals surface area contributed by atoms with E-state index in [4.69, 9.17) is 0 Å². The van der Waals surface area contributed by atoms with Crippen molar-refractivity contribution >= 4 is 29.9 Å². The molecular formula is C16H18N3NaS. The van der Waals surface area contributed by atoms with Crippen LogP contribution in [-0.2, 0) is 5.75 Å². The van der Waals surface area contributed by atoms with Crippen molar-refractivity contribution in [3.63, 3.8) is 0 Å². The van der Waals surface area contributed by atoms with Crippen LogP contribution in [0.25, 0.3) is 5.32 Å². The first kappa shape index (κ1) is 18.2. The fourth-order valence-electron chi connectivity index (χ4n) is 1.82. The van der Waals surface area contributed by atoms with Crippen LogP contribution in [-0.4, -0.2) is 17.6 Å². The molecular weight excluding hydrogens is 289 g/mol. The summed E-state index contributed by atoms with van der Waals surface area (Å²) in [5.74, 6) is 1.57. The molecule has 2 aromatic rings. The van der Waals surface area contributed by atoms with Crippen molar-refractivity contribution in [1.82, 2.24) is 4.98 Å². The molecule has 0 atom stereocenters. The van der Waals surface area contributed by atoms with Gasteiger partial charge in [0.05, 0.1) is 5.69 Å². The van der Waals surface area contributed by atoms with Crippen molar-refractivity contribution in [1.29, 1.82) is 0 Å². The number of rotatable bonds is 6. The van der Waals surface area contributed by atoms with Gasteiger partial charge in [0.25, 0.3) is 0 Å². The van der Waals surface area contributed by atoms with Crippen LogP contribution < -0.4 is 29.6 Å². The summed E-state index contributed by atoms with van der Waals surface area (Å²) in [4.78, 5) is 8.39. The molecule has 0 fully saturated rings. The molecule has 0 amide bonds. The number of hydrogen-bond donors (Lipinski definition) is 0. The second-order valence-corrected chi connectivity index (χ2v) is 5.44. The summed E-state index contributed by atoms with van der Waals surface area (Å²) in [6, 6.07) is 9.82. The Balaban J connectivity index is 0.00000220. The van der Waals surface area contributed by atoms with E-state index in [1.165, 1.54) is 11.1 Å². The smallest absolute Gasteiger partial charge is 0.674 e. The van der Waals surface area contributed by atoms with Gasteiger partial charge < -0.3 is 5.32 Å². The van der Waals surface area contributed by atoms with Crippen LogP contribution in [0.3, 0.4) is 0 Å². The van der Waals surface area contributed by atoms with E-state index >= 15 is 0 Å². The third kappa shape index (κ3) is 5.15. The number of benzene rings is 1. The van der Waals surface area contributed by atoms with E-state index in [2.05, 4.69) is 35.9 Å². The van der Waals surface area contributed by atoms with Gasteiger partial charge in [-0.25, -0.2) is 0 Å². The monoisotopic (exact) mass is 307 g/mol. The zero-order valence-corrected chi connectivity index (χ0v) is 15.7. The van der Waals surface area contributed by atoms with Gasteiger partial charge in [-0.15, -0.1) is 5.69 Å². The maximum Gasteiger partial charge on any atom is 1.00 e. The van der Waals surface area contributed by atoms with Crippen molar-refractivity contribution in [2.45, 2.75) is 19.6 Å². The Labute approximate surface area is 153 Å². The summed E-state index contributed by atoms with van der Waals surface area (Å²) in [7, 11) is 0. The van der Waals surface area contributed by atoms with E-state index in [0.717, 1.165) is 22.8 Å². The first-order valence-electron chi connectivity index (χ1n) is 6.44. The largest absolute Gasteiger partial charge is 1.00 e. The molecule has 0 bridgehead atoms. The number of hydrogen-bond acceptors (Lipinski definition) is 3. The minimum Gasteiger partial charge on any atom is -0.674 e. The first-order chi connectivity index (χ1) is 9.72. The van der Waals surface area contributed by atoms with Crippen LogP contribution in [0.2, 0.25) is 0 Å². The second kappa shape index (κ2) is 9.26. The van der Waals surface area contributed by atoms with E-state index in [1.54, 1.807) is 11.8 Å². The van der Waals surface area contributed by atoms with Crippen LogP contribution in [0.15, 0.2) is 41.5 Å². The maximum absolute atomic E-state index is 4.55. The molecule has 0 N–H and O–H groups in total. The second-order valence-electron chi connectivity index (χ2n) is 4.48. The van der Waals surface area contributed by atoms with Gasteiger partial charge in [0, 0.05) is 17.6 Å². The quantitative estimate of drug-likeness (QED) is 0.465. The van der Waals surface area contributed by atoms with Gasteiger partial charge in [0.15, 0.2) is 0 Å². The average Bonchev–Trinajstić information content (AvgIpc) is 2.48. The average molecular weight is 307 g/mol. The van der Waals surface area contributed by atoms with E-state index in [1.807, 2.05) is 36.5 Å². The van der Waals surface area contributed by atoms with Crippen LogP contribution in [0.1, 0.15) is 16.8 Å². The Morgan fingerprint density at radius 1 is 1.24 bits per heavy atom. The Morgan fingerprint density at radius 3 is 2.76 bits per heavy atom. The maximum atomic E-state index is 4.55. The molecule has 104 valence electrons. The summed E-state index contributed by atoms with van der Waals surface area (Å²) in [6.07, 6.45) is 1.87. The summed E-state index contributed by atoms with van der Waals surface area (Å²) in [5.41, 5.74) is 5.42. The molecule has 1 heterocycles. The zero-order valence-electron chi connectivity index (χ0n) is 12.8. The Bertz CT molecular complexity index is 602. The van der Waals surface area contributed by atoms with Crippen molar-refractivity contribution in [2.75, 3.05) is 5.88 Å². The normalized spacial score (nSPS) is 9.81. The van der Waals surface area contributed by atoms with Crippen LogP contribution in [0.5, 0.6) is 0 Å². The molecule has 0 aliphatic heterocycles. The fraction of sp³-hybridized carbons (Fsp3) is 0.250. The standard InChI is InChI=1S/C16H18N3S.Na/c1-12-8-9-18-16(13(12)2)10-20-11-19-15-7-5-4-6-14(15)17-3;/h4-9H,3,10-11H2,1-2H3;/q-1;+1. The topological polar surface area (TPSA) is 39.4 Å². The minimum absolute atomic E-state index is 0. The molecule has 0 aliphatic rings. The number of thioether (sulfide) groups is 1. The van der Waals surface area contributed by atoms with Crippen LogP contribution in [0, 0.1) is 13.8 Å². The molecule has 0 spiro atoms. The number of aromatic nitrogens is 1. The minimum atomic E-state index is 0. The summed E-state index contributed by atoms with van der Waals surface area (Å²) in [5, 5.41) is 4.55. The molecule has 3 nitrogen and oxygen atoms in total. The number of aryl methyl sites for hydroxylation is 1. The third-order valence-electron chi connectivity index (χ3n) is 3.20. The van der Waals surface area contributed by atoms with Gasteiger partial charge in [0.1, 0.15) is 0 Å². The third-order valence-corrected chi connectivity index (χ3v) is 3.99. The molecule has 21 heavy (non-hydrogen) atoms. The molecule has 0 unspecified atom stereocenters. The number of aliphatic imine (C=N–C) groups is 1. The van der Waals surface area contributed by atoms with E-state index in [9.17, 15) is 0 Å². The Kier molecular flexibility index (Phi) is 8.04. The molecule has 0 radical (unpaired) electrons. The summed E-state index contributed by atoms with van der Waals surface area (Å²) < 4.78 is 0. The SMILES string of the molecule is C=Nc1ccccc1[N-]CSCc1nccc(C)c1C.[Na+]. The molecule has 0 aliphatic carbocycles. The van der Waals surface area contributed by atoms with E-state index in [0.29, 0.717) is 5.88 Å². The number of para-hydroxylation sites is 2.